The van der Waals surface area contributed by atoms with E-state index in [1.165, 1.54) is 12.8 Å². The number of piperidine rings is 1. The van der Waals surface area contributed by atoms with E-state index >= 15 is 0 Å². The van der Waals surface area contributed by atoms with Crippen molar-refractivity contribution < 1.29 is 9.59 Å². The summed E-state index contributed by atoms with van der Waals surface area (Å²) in [5.41, 5.74) is -0.0265. The summed E-state index contributed by atoms with van der Waals surface area (Å²) in [4.78, 5) is 27.3. The van der Waals surface area contributed by atoms with Crippen molar-refractivity contribution >= 4 is 11.8 Å². The molecule has 2 heterocycles. The predicted molar refractivity (Wildman–Crippen MR) is 91.5 cm³/mol. The molecule has 1 aromatic heterocycles. The average molecular weight is 332 g/mol. The molecule has 2 amide bonds. The summed E-state index contributed by atoms with van der Waals surface area (Å²) >= 11 is 0. The Morgan fingerprint density at radius 1 is 1.33 bits per heavy atom. The number of nitrogens with zero attached hydrogens (tertiary/aromatic N) is 3. The molecule has 6 nitrogen and oxygen atoms in total. The highest BCUT2D eigenvalue weighted by Gasteiger charge is 2.40. The maximum absolute atomic E-state index is 12.8. The minimum atomic E-state index is -0.496. The van der Waals surface area contributed by atoms with Gasteiger partial charge in [-0.25, -0.2) is 0 Å². The molecule has 0 radical (unpaired) electrons. The minimum absolute atomic E-state index is 0.0678. The van der Waals surface area contributed by atoms with Crippen LogP contribution in [0.1, 0.15) is 62.9 Å². The van der Waals surface area contributed by atoms with Crippen LogP contribution in [0.4, 0.5) is 0 Å². The molecule has 2 aliphatic rings. The van der Waals surface area contributed by atoms with E-state index in [9.17, 15) is 9.59 Å². The normalized spacial score (nSPS) is 25.0. The lowest BCUT2D eigenvalue weighted by Gasteiger charge is -2.39. The van der Waals surface area contributed by atoms with Gasteiger partial charge in [0.25, 0.3) is 5.91 Å². The van der Waals surface area contributed by atoms with E-state index in [1.54, 1.807) is 15.6 Å². The van der Waals surface area contributed by atoms with Crippen molar-refractivity contribution in [2.24, 2.45) is 5.41 Å². The molecule has 1 N–H and O–H groups in total. The molecule has 24 heavy (non-hydrogen) atoms. The summed E-state index contributed by atoms with van der Waals surface area (Å²) in [6, 6.07) is 2.08. The number of rotatable bonds is 4. The summed E-state index contributed by atoms with van der Waals surface area (Å²) < 4.78 is 1.75. The maximum Gasteiger partial charge on any atom is 0.274 e. The van der Waals surface area contributed by atoms with Crippen LogP contribution in [0.25, 0.3) is 0 Å². The van der Waals surface area contributed by atoms with Gasteiger partial charge in [-0.2, -0.15) is 5.10 Å². The minimum Gasteiger partial charge on any atom is -0.353 e. The van der Waals surface area contributed by atoms with Gasteiger partial charge in [0.1, 0.15) is 5.69 Å². The third-order valence-corrected chi connectivity index (χ3v) is 5.41. The number of carbonyl (C=O) groups excluding carboxylic acids is 2. The Morgan fingerprint density at radius 2 is 2.08 bits per heavy atom. The average Bonchev–Trinajstić information content (AvgIpc) is 3.25. The number of aromatic nitrogens is 2. The van der Waals surface area contributed by atoms with Gasteiger partial charge in [0.15, 0.2) is 0 Å². The van der Waals surface area contributed by atoms with E-state index in [0.29, 0.717) is 24.8 Å². The van der Waals surface area contributed by atoms with Gasteiger partial charge in [0.05, 0.1) is 5.41 Å². The molecule has 1 saturated carbocycles. The quantitative estimate of drug-likeness (QED) is 0.919. The molecule has 6 heteroatoms. The highest BCUT2D eigenvalue weighted by atomic mass is 16.2. The fourth-order valence-corrected chi connectivity index (χ4v) is 3.84. The molecule has 1 atom stereocenters. The van der Waals surface area contributed by atoms with Crippen molar-refractivity contribution in [3.8, 4) is 0 Å². The zero-order valence-corrected chi connectivity index (χ0v) is 14.8. The van der Waals surface area contributed by atoms with Gasteiger partial charge in [0.2, 0.25) is 5.91 Å². The van der Waals surface area contributed by atoms with Gasteiger partial charge in [-0.05, 0) is 45.6 Å². The molecule has 2 fully saturated rings. The standard InChI is InChI=1S/C18H28N4O2/c1-3-22-12-9-15(20-22)16(23)21-11-6-10-18(2,13-21)17(24)19-14-7-4-5-8-14/h9,12,14H,3-8,10-11,13H2,1-2H3,(H,19,24)/t18-/m0/s1. The lowest BCUT2D eigenvalue weighted by molar-refractivity contribution is -0.133. The topological polar surface area (TPSA) is 67.2 Å². The van der Waals surface area contributed by atoms with E-state index in [2.05, 4.69) is 10.4 Å². The van der Waals surface area contributed by atoms with Gasteiger partial charge in [-0.15, -0.1) is 0 Å². The van der Waals surface area contributed by atoms with E-state index in [0.717, 1.165) is 32.2 Å². The van der Waals surface area contributed by atoms with Gasteiger partial charge < -0.3 is 10.2 Å². The Morgan fingerprint density at radius 3 is 2.75 bits per heavy atom. The zero-order valence-electron chi connectivity index (χ0n) is 14.8. The number of amides is 2. The SMILES string of the molecule is CCn1ccc(C(=O)N2CCC[C@](C)(C(=O)NC3CCCC3)C2)n1. The maximum atomic E-state index is 12.8. The number of hydrogen-bond donors (Lipinski definition) is 1. The van der Waals surface area contributed by atoms with Crippen LogP contribution in [0.2, 0.25) is 0 Å². The van der Waals surface area contributed by atoms with Crippen LogP contribution in [0.15, 0.2) is 12.3 Å². The first-order chi connectivity index (χ1) is 11.5. The highest BCUT2D eigenvalue weighted by molar-refractivity contribution is 5.93. The second kappa shape index (κ2) is 6.95. The van der Waals surface area contributed by atoms with Crippen molar-refractivity contribution in [3.05, 3.63) is 18.0 Å². The van der Waals surface area contributed by atoms with Gasteiger partial charge >= 0.3 is 0 Å². The Hall–Kier alpha value is -1.85. The number of likely N-dealkylation sites (tertiary alicyclic amines) is 1. The molecule has 1 saturated heterocycles. The van der Waals surface area contributed by atoms with Crippen molar-refractivity contribution in [2.45, 2.75) is 65.0 Å². The molecule has 1 aliphatic carbocycles. The van der Waals surface area contributed by atoms with Crippen LogP contribution in [-0.4, -0.2) is 45.6 Å². The van der Waals surface area contributed by atoms with Crippen LogP contribution >= 0.6 is 0 Å². The first-order valence-electron chi connectivity index (χ1n) is 9.15. The summed E-state index contributed by atoms with van der Waals surface area (Å²) in [7, 11) is 0. The monoisotopic (exact) mass is 332 g/mol. The molecular formula is C18H28N4O2. The van der Waals surface area contributed by atoms with Crippen molar-refractivity contribution in [1.82, 2.24) is 20.0 Å². The van der Waals surface area contributed by atoms with E-state index in [-0.39, 0.29) is 11.8 Å². The first-order valence-corrected chi connectivity index (χ1v) is 9.15. The van der Waals surface area contributed by atoms with Crippen molar-refractivity contribution in [2.75, 3.05) is 13.1 Å². The summed E-state index contributed by atoms with van der Waals surface area (Å²) in [5.74, 6) is 0.0350. The van der Waals surface area contributed by atoms with Gasteiger partial charge in [-0.1, -0.05) is 12.8 Å². The Balaban J connectivity index is 1.65. The number of hydrogen-bond acceptors (Lipinski definition) is 3. The first kappa shape index (κ1) is 17.0. The predicted octanol–water partition coefficient (Wildman–Crippen LogP) is 2.20. The van der Waals surface area contributed by atoms with Crippen LogP contribution in [0.3, 0.4) is 0 Å². The highest BCUT2D eigenvalue weighted by Crippen LogP contribution is 2.31. The van der Waals surface area contributed by atoms with Gasteiger partial charge in [0, 0.05) is 31.9 Å². The van der Waals surface area contributed by atoms with Crippen LogP contribution in [-0.2, 0) is 11.3 Å². The van der Waals surface area contributed by atoms with E-state index in [4.69, 9.17) is 0 Å². The van der Waals surface area contributed by atoms with Crippen molar-refractivity contribution in [3.63, 3.8) is 0 Å². The van der Waals surface area contributed by atoms with E-state index < -0.39 is 5.41 Å². The number of aryl methyl sites for hydroxylation is 1. The molecule has 132 valence electrons. The summed E-state index contributed by atoms with van der Waals surface area (Å²) in [5, 5.41) is 7.51. The molecule has 0 bridgehead atoms. The largest absolute Gasteiger partial charge is 0.353 e. The Kier molecular flexibility index (Phi) is 4.92. The fourth-order valence-electron chi connectivity index (χ4n) is 3.84. The molecule has 1 aliphatic heterocycles. The fraction of sp³-hybridized carbons (Fsp3) is 0.722. The lowest BCUT2D eigenvalue weighted by atomic mass is 9.80. The molecule has 0 aromatic carbocycles. The third-order valence-electron chi connectivity index (χ3n) is 5.41. The molecule has 0 spiro atoms. The second-order valence-corrected chi connectivity index (χ2v) is 7.40. The van der Waals surface area contributed by atoms with Crippen LogP contribution < -0.4 is 5.32 Å². The zero-order chi connectivity index (χ0) is 17.2. The molecule has 3 rings (SSSR count). The number of carbonyl (C=O) groups is 2. The summed E-state index contributed by atoms with van der Waals surface area (Å²) in [6.07, 6.45) is 8.08. The molecule has 1 aromatic rings. The Bertz CT molecular complexity index is 606. The molecule has 0 unspecified atom stereocenters. The second-order valence-electron chi connectivity index (χ2n) is 7.40. The van der Waals surface area contributed by atoms with E-state index in [1.807, 2.05) is 20.0 Å². The lowest BCUT2D eigenvalue weighted by Crippen LogP contribution is -2.53. The Labute approximate surface area is 143 Å². The van der Waals surface area contributed by atoms with Crippen LogP contribution in [0, 0.1) is 5.41 Å². The van der Waals surface area contributed by atoms with Crippen molar-refractivity contribution in [1.29, 1.82) is 0 Å². The van der Waals surface area contributed by atoms with Gasteiger partial charge in [-0.3, -0.25) is 14.3 Å². The number of nitrogens with one attached hydrogen (secondary N) is 1. The molecular weight excluding hydrogens is 304 g/mol. The smallest absolute Gasteiger partial charge is 0.274 e. The third kappa shape index (κ3) is 3.47. The summed E-state index contributed by atoms with van der Waals surface area (Å²) in [6.45, 7) is 5.90. The van der Waals surface area contributed by atoms with Crippen LogP contribution in [0.5, 0.6) is 0 Å².